The van der Waals surface area contributed by atoms with Crippen molar-refractivity contribution in [1.82, 2.24) is 5.32 Å². The number of hydrogen-bond acceptors (Lipinski definition) is 1. The molecule has 84 valence electrons. The molecule has 1 aliphatic rings. The van der Waals surface area contributed by atoms with Crippen LogP contribution in [0.4, 0.5) is 0 Å². The zero-order valence-electron chi connectivity index (χ0n) is 9.36. The summed E-state index contributed by atoms with van der Waals surface area (Å²) in [6.07, 6.45) is 4.76. The van der Waals surface area contributed by atoms with Crippen molar-refractivity contribution in [3.8, 4) is 0 Å². The molecule has 16 heavy (non-hydrogen) atoms. The molecule has 0 aromatic heterocycles. The quantitative estimate of drug-likeness (QED) is 0.772. The molecule has 0 heterocycles. The number of rotatable bonds is 3. The van der Waals surface area contributed by atoms with Gasteiger partial charge in [0.05, 0.1) is 0 Å². The highest BCUT2D eigenvalue weighted by Gasteiger charge is 2.28. The molecule has 1 amide bonds. The smallest absolute Gasteiger partial charge is 0.243 e. The summed E-state index contributed by atoms with van der Waals surface area (Å²) in [6, 6.07) is 10.7. The molecule has 2 heteroatoms. The molecule has 1 aromatic carbocycles. The summed E-state index contributed by atoms with van der Waals surface area (Å²) in [5.41, 5.74) is 1.33. The van der Waals surface area contributed by atoms with Crippen LogP contribution < -0.4 is 5.32 Å². The molecule has 2 nitrogen and oxygen atoms in total. The zero-order valence-corrected chi connectivity index (χ0v) is 9.36. The van der Waals surface area contributed by atoms with Crippen LogP contribution in [0.5, 0.6) is 0 Å². The first-order valence-corrected chi connectivity index (χ1v) is 5.79. The van der Waals surface area contributed by atoms with E-state index in [0.29, 0.717) is 5.92 Å². The zero-order chi connectivity index (χ0) is 11.4. The summed E-state index contributed by atoms with van der Waals surface area (Å²) >= 11 is 0. The Balaban J connectivity index is 2.09. The fraction of sp³-hybridized carbons (Fsp3) is 0.357. The maximum absolute atomic E-state index is 11.3. The Kier molecular flexibility index (Phi) is 3.40. The second kappa shape index (κ2) is 4.97. The minimum atomic E-state index is -0.0622. The molecular formula is C14H17NO. The second-order valence-electron chi connectivity index (χ2n) is 4.27. The summed E-state index contributed by atoms with van der Waals surface area (Å²) in [4.78, 5) is 11.3. The van der Waals surface area contributed by atoms with Crippen LogP contribution in [0.25, 0.3) is 0 Å². The van der Waals surface area contributed by atoms with Gasteiger partial charge in [-0.25, -0.2) is 0 Å². The van der Waals surface area contributed by atoms with Gasteiger partial charge >= 0.3 is 0 Å². The molecule has 0 bridgehead atoms. The van der Waals surface area contributed by atoms with Crippen LogP contribution in [0.3, 0.4) is 0 Å². The summed E-state index contributed by atoms with van der Waals surface area (Å²) in [5, 5.41) is 3.02. The third-order valence-corrected chi connectivity index (χ3v) is 3.26. The number of nitrogens with one attached hydrogen (secondary N) is 1. The minimum Gasteiger partial charge on any atom is -0.349 e. The van der Waals surface area contributed by atoms with Crippen molar-refractivity contribution >= 4 is 5.91 Å². The van der Waals surface area contributed by atoms with Crippen molar-refractivity contribution in [2.75, 3.05) is 0 Å². The van der Waals surface area contributed by atoms with Gasteiger partial charge in [0.25, 0.3) is 0 Å². The van der Waals surface area contributed by atoms with Crippen molar-refractivity contribution in [1.29, 1.82) is 0 Å². The molecule has 2 rings (SSSR count). The van der Waals surface area contributed by atoms with Crippen LogP contribution in [-0.2, 0) is 4.79 Å². The van der Waals surface area contributed by atoms with Crippen molar-refractivity contribution in [3.63, 3.8) is 0 Å². The van der Waals surface area contributed by atoms with E-state index < -0.39 is 0 Å². The highest BCUT2D eigenvalue weighted by atomic mass is 16.1. The van der Waals surface area contributed by atoms with E-state index in [9.17, 15) is 4.79 Å². The standard InChI is InChI=1S/C14H17NO/c1-2-14(16)15-13-10-6-9-12(13)11-7-4-3-5-8-11/h2-5,7-8,12-13H,1,6,9-10H2,(H,15,16)/t12-,13-/m0/s1. The van der Waals surface area contributed by atoms with E-state index in [0.717, 1.165) is 12.8 Å². The van der Waals surface area contributed by atoms with E-state index in [1.54, 1.807) is 0 Å². The summed E-state index contributed by atoms with van der Waals surface area (Å²) in [7, 11) is 0. The van der Waals surface area contributed by atoms with E-state index in [-0.39, 0.29) is 11.9 Å². The van der Waals surface area contributed by atoms with E-state index >= 15 is 0 Å². The number of carbonyl (C=O) groups is 1. The Morgan fingerprint density at radius 1 is 1.31 bits per heavy atom. The number of carbonyl (C=O) groups excluding carboxylic acids is 1. The molecule has 0 unspecified atom stereocenters. The Hall–Kier alpha value is -1.57. The molecule has 1 N–H and O–H groups in total. The maximum atomic E-state index is 11.3. The van der Waals surface area contributed by atoms with Gasteiger partial charge in [-0.05, 0) is 24.5 Å². The van der Waals surface area contributed by atoms with Crippen molar-refractivity contribution in [2.24, 2.45) is 0 Å². The minimum absolute atomic E-state index is 0.0622. The van der Waals surface area contributed by atoms with Gasteiger partial charge < -0.3 is 5.32 Å². The molecule has 1 aromatic rings. The Morgan fingerprint density at radius 2 is 2.06 bits per heavy atom. The molecule has 1 aliphatic carbocycles. The van der Waals surface area contributed by atoms with E-state index in [4.69, 9.17) is 0 Å². The van der Waals surface area contributed by atoms with Gasteiger partial charge in [0, 0.05) is 12.0 Å². The van der Waals surface area contributed by atoms with Crippen LogP contribution in [0.1, 0.15) is 30.7 Å². The van der Waals surface area contributed by atoms with Crippen LogP contribution in [0.2, 0.25) is 0 Å². The van der Waals surface area contributed by atoms with Gasteiger partial charge in [-0.3, -0.25) is 4.79 Å². The molecule has 0 radical (unpaired) electrons. The Labute approximate surface area is 96.4 Å². The van der Waals surface area contributed by atoms with Gasteiger partial charge in [0.15, 0.2) is 0 Å². The number of benzene rings is 1. The summed E-state index contributed by atoms with van der Waals surface area (Å²) < 4.78 is 0. The summed E-state index contributed by atoms with van der Waals surface area (Å²) in [6.45, 7) is 3.49. The topological polar surface area (TPSA) is 29.1 Å². The average molecular weight is 215 g/mol. The van der Waals surface area contributed by atoms with Gasteiger partial charge in [-0.15, -0.1) is 0 Å². The molecule has 2 atom stereocenters. The fourth-order valence-electron chi connectivity index (χ4n) is 2.47. The predicted octanol–water partition coefficient (Wildman–Crippen LogP) is 2.62. The molecule has 1 saturated carbocycles. The lowest BCUT2D eigenvalue weighted by Crippen LogP contribution is -2.35. The lowest BCUT2D eigenvalue weighted by molar-refractivity contribution is -0.117. The first-order chi connectivity index (χ1) is 7.81. The van der Waals surface area contributed by atoms with Gasteiger partial charge in [-0.1, -0.05) is 43.3 Å². The molecule has 1 fully saturated rings. The van der Waals surface area contributed by atoms with E-state index in [1.807, 2.05) is 6.07 Å². The Morgan fingerprint density at radius 3 is 2.75 bits per heavy atom. The SMILES string of the molecule is C=CC(=O)N[C@H]1CCC[C@H]1c1ccccc1. The normalized spacial score (nSPS) is 24.0. The third-order valence-electron chi connectivity index (χ3n) is 3.26. The van der Waals surface area contributed by atoms with Crippen molar-refractivity contribution in [2.45, 2.75) is 31.2 Å². The van der Waals surface area contributed by atoms with Gasteiger partial charge in [0.1, 0.15) is 0 Å². The molecule has 0 spiro atoms. The lowest BCUT2D eigenvalue weighted by Gasteiger charge is -2.20. The first-order valence-electron chi connectivity index (χ1n) is 5.79. The predicted molar refractivity (Wildman–Crippen MR) is 65.2 cm³/mol. The highest BCUT2D eigenvalue weighted by Crippen LogP contribution is 2.34. The Bertz CT molecular complexity index is 372. The monoisotopic (exact) mass is 215 g/mol. The van der Waals surface area contributed by atoms with Crippen LogP contribution in [0.15, 0.2) is 43.0 Å². The molecule has 0 saturated heterocycles. The third kappa shape index (κ3) is 2.32. The van der Waals surface area contributed by atoms with Crippen LogP contribution in [-0.4, -0.2) is 11.9 Å². The van der Waals surface area contributed by atoms with Gasteiger partial charge in [-0.2, -0.15) is 0 Å². The number of amides is 1. The molecular weight excluding hydrogens is 198 g/mol. The highest BCUT2D eigenvalue weighted by molar-refractivity contribution is 5.87. The summed E-state index contributed by atoms with van der Waals surface area (Å²) in [5.74, 6) is 0.401. The van der Waals surface area contributed by atoms with Crippen molar-refractivity contribution in [3.05, 3.63) is 48.6 Å². The maximum Gasteiger partial charge on any atom is 0.243 e. The average Bonchev–Trinajstić information content (AvgIpc) is 2.78. The van der Waals surface area contributed by atoms with Crippen LogP contribution >= 0.6 is 0 Å². The van der Waals surface area contributed by atoms with Crippen molar-refractivity contribution < 1.29 is 4.79 Å². The largest absolute Gasteiger partial charge is 0.349 e. The second-order valence-corrected chi connectivity index (χ2v) is 4.27. The number of hydrogen-bond donors (Lipinski definition) is 1. The van der Waals surface area contributed by atoms with E-state index in [2.05, 4.69) is 36.2 Å². The first kappa shape index (κ1) is 10.9. The van der Waals surface area contributed by atoms with E-state index in [1.165, 1.54) is 18.1 Å². The lowest BCUT2D eigenvalue weighted by atomic mass is 9.94. The molecule has 0 aliphatic heterocycles. The van der Waals surface area contributed by atoms with Gasteiger partial charge in [0.2, 0.25) is 5.91 Å². The van der Waals surface area contributed by atoms with Crippen LogP contribution in [0, 0.1) is 0 Å². The fourth-order valence-corrected chi connectivity index (χ4v) is 2.47.